The maximum Gasteiger partial charge on any atom is 0.250 e. The first-order valence-electron chi connectivity index (χ1n) is 6.05. The van der Waals surface area contributed by atoms with Crippen molar-refractivity contribution in [2.24, 2.45) is 11.5 Å². The van der Waals surface area contributed by atoms with Gasteiger partial charge in [0.1, 0.15) is 0 Å². The number of carbonyl (C=O) groups excluding carboxylic acids is 1. The average Bonchev–Trinajstić information content (AvgIpc) is 2.34. The summed E-state index contributed by atoms with van der Waals surface area (Å²) in [5.41, 5.74) is 11.1. The largest absolute Gasteiger partial charge is 0.366 e. The third-order valence-electron chi connectivity index (χ3n) is 3.27. The van der Waals surface area contributed by atoms with Crippen molar-refractivity contribution < 1.29 is 9.18 Å². The van der Waals surface area contributed by atoms with Crippen molar-refractivity contribution in [3.05, 3.63) is 23.6 Å². The van der Waals surface area contributed by atoms with Crippen LogP contribution in [0.2, 0.25) is 0 Å². The molecule has 98 valence electrons. The zero-order chi connectivity index (χ0) is 13.1. The lowest BCUT2D eigenvalue weighted by atomic mass is 9.91. The molecule has 2 atom stereocenters. The Balaban J connectivity index is 2.11. The van der Waals surface area contributed by atoms with Crippen LogP contribution in [0.5, 0.6) is 0 Å². The molecule has 2 rings (SSSR count). The van der Waals surface area contributed by atoms with Gasteiger partial charge in [0.2, 0.25) is 5.91 Å². The highest BCUT2D eigenvalue weighted by molar-refractivity contribution is 5.92. The third kappa shape index (κ3) is 2.76. The van der Waals surface area contributed by atoms with E-state index < -0.39 is 11.7 Å². The second-order valence-electron chi connectivity index (χ2n) is 4.62. The second kappa shape index (κ2) is 5.30. The number of hydrogen-bond acceptors (Lipinski definition) is 4. The van der Waals surface area contributed by atoms with Gasteiger partial charge in [0.15, 0.2) is 11.6 Å². The monoisotopic (exact) mass is 252 g/mol. The Kier molecular flexibility index (Phi) is 3.76. The zero-order valence-electron chi connectivity index (χ0n) is 10.0. The first kappa shape index (κ1) is 12.8. The van der Waals surface area contributed by atoms with Crippen molar-refractivity contribution in [2.75, 3.05) is 5.32 Å². The predicted octanol–water partition coefficient (Wildman–Crippen LogP) is 1.00. The Morgan fingerprint density at radius 1 is 1.44 bits per heavy atom. The zero-order valence-corrected chi connectivity index (χ0v) is 10.0. The van der Waals surface area contributed by atoms with E-state index in [1.54, 1.807) is 0 Å². The number of halogens is 1. The van der Waals surface area contributed by atoms with E-state index >= 15 is 0 Å². The van der Waals surface area contributed by atoms with E-state index in [9.17, 15) is 9.18 Å². The SMILES string of the molecule is NC(=O)c1cnc(N[C@@H]2CCCC[C@@H]2N)c(F)c1. The molecule has 5 N–H and O–H groups in total. The lowest BCUT2D eigenvalue weighted by Gasteiger charge is -2.29. The molecule has 1 saturated carbocycles. The van der Waals surface area contributed by atoms with E-state index in [1.807, 2.05) is 0 Å². The first-order valence-corrected chi connectivity index (χ1v) is 6.05. The number of nitrogens with one attached hydrogen (secondary N) is 1. The molecular formula is C12H17FN4O. The lowest BCUT2D eigenvalue weighted by molar-refractivity contribution is 0.0999. The van der Waals surface area contributed by atoms with E-state index in [4.69, 9.17) is 11.5 Å². The molecule has 1 aliphatic rings. The molecule has 6 heteroatoms. The summed E-state index contributed by atoms with van der Waals surface area (Å²) >= 11 is 0. The quantitative estimate of drug-likeness (QED) is 0.748. The average molecular weight is 252 g/mol. The van der Waals surface area contributed by atoms with Crippen molar-refractivity contribution in [2.45, 2.75) is 37.8 Å². The summed E-state index contributed by atoms with van der Waals surface area (Å²) in [4.78, 5) is 14.8. The lowest BCUT2D eigenvalue weighted by Crippen LogP contribution is -2.43. The van der Waals surface area contributed by atoms with Crippen molar-refractivity contribution in [1.82, 2.24) is 4.98 Å². The highest BCUT2D eigenvalue weighted by Crippen LogP contribution is 2.21. The van der Waals surface area contributed by atoms with E-state index in [1.165, 1.54) is 6.20 Å². The van der Waals surface area contributed by atoms with Gasteiger partial charge in [-0.1, -0.05) is 12.8 Å². The van der Waals surface area contributed by atoms with Gasteiger partial charge in [0.05, 0.1) is 5.56 Å². The van der Waals surface area contributed by atoms with Crippen molar-refractivity contribution in [3.63, 3.8) is 0 Å². The molecule has 1 aromatic heterocycles. The molecule has 1 heterocycles. The molecule has 0 radical (unpaired) electrons. The molecule has 5 nitrogen and oxygen atoms in total. The minimum Gasteiger partial charge on any atom is -0.366 e. The summed E-state index contributed by atoms with van der Waals surface area (Å²) in [5.74, 6) is -1.14. The summed E-state index contributed by atoms with van der Waals surface area (Å²) in [6, 6.07) is 1.13. The molecular weight excluding hydrogens is 235 g/mol. The Morgan fingerprint density at radius 3 is 2.78 bits per heavy atom. The van der Waals surface area contributed by atoms with Crippen LogP contribution in [0.3, 0.4) is 0 Å². The van der Waals surface area contributed by atoms with Gasteiger partial charge in [-0.05, 0) is 18.9 Å². The minimum atomic E-state index is -0.692. The number of aromatic nitrogens is 1. The maximum atomic E-state index is 13.7. The third-order valence-corrected chi connectivity index (χ3v) is 3.27. The molecule has 0 aliphatic heterocycles. The normalized spacial score (nSPS) is 23.7. The number of nitrogens with zero attached hydrogens (tertiary/aromatic N) is 1. The van der Waals surface area contributed by atoms with Crippen LogP contribution in [0.1, 0.15) is 36.0 Å². The molecule has 0 bridgehead atoms. The molecule has 0 spiro atoms. The van der Waals surface area contributed by atoms with Crippen LogP contribution in [0.25, 0.3) is 0 Å². The molecule has 1 aromatic rings. The fourth-order valence-corrected chi connectivity index (χ4v) is 2.19. The van der Waals surface area contributed by atoms with Crippen LogP contribution in [0.15, 0.2) is 12.3 Å². The van der Waals surface area contributed by atoms with Crippen LogP contribution in [-0.4, -0.2) is 23.0 Å². The Hall–Kier alpha value is -1.69. The van der Waals surface area contributed by atoms with Crippen LogP contribution in [-0.2, 0) is 0 Å². The fourth-order valence-electron chi connectivity index (χ4n) is 2.19. The van der Waals surface area contributed by atoms with Gasteiger partial charge < -0.3 is 16.8 Å². The number of carbonyl (C=O) groups is 1. The van der Waals surface area contributed by atoms with Crippen LogP contribution < -0.4 is 16.8 Å². The van der Waals surface area contributed by atoms with Gasteiger partial charge in [-0.15, -0.1) is 0 Å². The van der Waals surface area contributed by atoms with E-state index in [0.717, 1.165) is 31.7 Å². The van der Waals surface area contributed by atoms with Crippen LogP contribution >= 0.6 is 0 Å². The topological polar surface area (TPSA) is 94.0 Å². The molecule has 1 aliphatic carbocycles. The van der Waals surface area contributed by atoms with Crippen molar-refractivity contribution in [1.29, 1.82) is 0 Å². The minimum absolute atomic E-state index is 0.00997. The number of nitrogens with two attached hydrogens (primary N) is 2. The molecule has 1 fully saturated rings. The number of hydrogen-bond donors (Lipinski definition) is 3. The van der Waals surface area contributed by atoms with Gasteiger partial charge in [-0.2, -0.15) is 0 Å². The van der Waals surface area contributed by atoms with Gasteiger partial charge in [-0.25, -0.2) is 9.37 Å². The molecule has 0 aromatic carbocycles. The van der Waals surface area contributed by atoms with Gasteiger partial charge in [0, 0.05) is 18.3 Å². The molecule has 0 saturated heterocycles. The van der Waals surface area contributed by atoms with Crippen LogP contribution in [0, 0.1) is 5.82 Å². The fraction of sp³-hybridized carbons (Fsp3) is 0.500. The summed E-state index contributed by atoms with van der Waals surface area (Å²) in [6.45, 7) is 0. The Labute approximate surface area is 105 Å². The molecule has 1 amide bonds. The standard InChI is InChI=1S/C12H17FN4O/c13-8-5-7(11(15)18)6-16-12(8)17-10-4-2-1-3-9(10)14/h5-6,9-10H,1-4,14H2,(H2,15,18)(H,16,17)/t9-,10+/m0/s1. The predicted molar refractivity (Wildman–Crippen MR) is 66.6 cm³/mol. The van der Waals surface area contributed by atoms with Crippen LogP contribution in [0.4, 0.5) is 10.2 Å². The van der Waals surface area contributed by atoms with Crippen molar-refractivity contribution >= 4 is 11.7 Å². The highest BCUT2D eigenvalue weighted by Gasteiger charge is 2.23. The van der Waals surface area contributed by atoms with Gasteiger partial charge in [-0.3, -0.25) is 4.79 Å². The maximum absolute atomic E-state index is 13.7. The van der Waals surface area contributed by atoms with Gasteiger partial charge >= 0.3 is 0 Å². The van der Waals surface area contributed by atoms with Gasteiger partial charge in [0.25, 0.3) is 0 Å². The summed E-state index contributed by atoms with van der Waals surface area (Å²) in [6.07, 6.45) is 5.28. The second-order valence-corrected chi connectivity index (χ2v) is 4.62. The highest BCUT2D eigenvalue weighted by atomic mass is 19.1. The number of amides is 1. The van der Waals surface area contributed by atoms with Crippen molar-refractivity contribution in [3.8, 4) is 0 Å². The number of anilines is 1. The number of pyridine rings is 1. The molecule has 18 heavy (non-hydrogen) atoms. The Bertz CT molecular complexity index is 452. The Morgan fingerprint density at radius 2 is 2.17 bits per heavy atom. The van der Waals surface area contributed by atoms with E-state index in [-0.39, 0.29) is 23.5 Å². The summed E-state index contributed by atoms with van der Waals surface area (Å²) in [7, 11) is 0. The summed E-state index contributed by atoms with van der Waals surface area (Å²) in [5, 5.41) is 3.00. The van der Waals surface area contributed by atoms with E-state index in [0.29, 0.717) is 0 Å². The van der Waals surface area contributed by atoms with E-state index in [2.05, 4.69) is 10.3 Å². The smallest absolute Gasteiger partial charge is 0.250 e. The number of primary amides is 1. The summed E-state index contributed by atoms with van der Waals surface area (Å²) < 4.78 is 13.7. The molecule has 0 unspecified atom stereocenters. The first-order chi connectivity index (χ1) is 8.58. The number of rotatable bonds is 3.